The number of fused-ring (bicyclic) bond motifs is 1. The first-order chi connectivity index (χ1) is 11.7. The van der Waals surface area contributed by atoms with Gasteiger partial charge in [0, 0.05) is 19.1 Å². The number of imide groups is 1. The summed E-state index contributed by atoms with van der Waals surface area (Å²) in [7, 11) is 0. The van der Waals surface area contributed by atoms with Crippen LogP contribution in [-0.2, 0) is 0 Å². The Hall–Kier alpha value is -1.14. The number of nitrogens with one attached hydrogen (secondary N) is 1. The minimum absolute atomic E-state index is 0. The van der Waals surface area contributed by atoms with E-state index in [9.17, 15) is 9.59 Å². The van der Waals surface area contributed by atoms with E-state index in [4.69, 9.17) is 0 Å². The number of rotatable bonds is 3. The number of amides is 2. The van der Waals surface area contributed by atoms with Crippen LogP contribution in [0.4, 0.5) is 0 Å². The average Bonchev–Trinajstić information content (AvgIpc) is 2.88. The van der Waals surface area contributed by atoms with E-state index in [1.807, 2.05) is 12.1 Å². The third-order valence-electron chi connectivity index (χ3n) is 5.69. The summed E-state index contributed by atoms with van der Waals surface area (Å²) < 4.78 is 0. The van der Waals surface area contributed by atoms with Crippen molar-refractivity contribution in [1.82, 2.24) is 15.1 Å². The second-order valence-electron chi connectivity index (χ2n) is 7.25. The lowest BCUT2D eigenvalue weighted by Gasteiger charge is -2.40. The van der Waals surface area contributed by atoms with Gasteiger partial charge in [-0.05, 0) is 63.4 Å². The van der Waals surface area contributed by atoms with Gasteiger partial charge in [-0.15, -0.1) is 24.8 Å². The number of likely N-dealkylation sites (tertiary alicyclic amines) is 1. The van der Waals surface area contributed by atoms with Crippen LogP contribution in [0.2, 0.25) is 0 Å². The summed E-state index contributed by atoms with van der Waals surface area (Å²) in [5, 5.41) is 3.42. The summed E-state index contributed by atoms with van der Waals surface area (Å²) in [6, 6.07) is 7.84. The zero-order valence-electron chi connectivity index (χ0n) is 14.9. The molecule has 0 saturated carbocycles. The van der Waals surface area contributed by atoms with Gasteiger partial charge >= 0.3 is 0 Å². The quantitative estimate of drug-likeness (QED) is 0.793. The first-order valence-electron chi connectivity index (χ1n) is 9.14. The molecule has 3 aliphatic heterocycles. The lowest BCUT2D eigenvalue weighted by molar-refractivity contribution is 0.0542. The normalized spacial score (nSPS) is 24.0. The molecule has 5 nitrogen and oxygen atoms in total. The van der Waals surface area contributed by atoms with Gasteiger partial charge in [-0.1, -0.05) is 12.1 Å². The summed E-state index contributed by atoms with van der Waals surface area (Å²) in [6.45, 7) is 4.93. The molecule has 3 heterocycles. The predicted octanol–water partition coefficient (Wildman–Crippen LogP) is 2.59. The van der Waals surface area contributed by atoms with Crippen LogP contribution in [-0.4, -0.2) is 60.4 Å². The van der Waals surface area contributed by atoms with Crippen LogP contribution in [0.1, 0.15) is 46.4 Å². The van der Waals surface area contributed by atoms with Crippen molar-refractivity contribution < 1.29 is 9.59 Å². The number of hydrogen-bond acceptors (Lipinski definition) is 4. The molecular weight excluding hydrogens is 373 g/mol. The second kappa shape index (κ2) is 9.18. The molecule has 0 bridgehead atoms. The highest BCUT2D eigenvalue weighted by atomic mass is 35.5. The van der Waals surface area contributed by atoms with Gasteiger partial charge in [0.05, 0.1) is 11.1 Å². The number of hydrogen-bond donors (Lipinski definition) is 1. The molecule has 1 atom stereocenters. The zero-order valence-corrected chi connectivity index (χ0v) is 16.5. The summed E-state index contributed by atoms with van der Waals surface area (Å²) in [5.74, 6) is 0.167. The maximum atomic E-state index is 12.5. The summed E-state index contributed by atoms with van der Waals surface area (Å²) in [5.41, 5.74) is 1.13. The Morgan fingerprint density at radius 2 is 1.58 bits per heavy atom. The highest BCUT2D eigenvalue weighted by Gasteiger charge is 2.37. The van der Waals surface area contributed by atoms with Crippen LogP contribution in [0.3, 0.4) is 0 Å². The Morgan fingerprint density at radius 3 is 2.19 bits per heavy atom. The summed E-state index contributed by atoms with van der Waals surface area (Å²) >= 11 is 0. The molecule has 26 heavy (non-hydrogen) atoms. The Bertz CT molecular complexity index is 614. The van der Waals surface area contributed by atoms with Gasteiger partial charge in [-0.3, -0.25) is 19.4 Å². The van der Waals surface area contributed by atoms with E-state index in [1.165, 1.54) is 17.7 Å². The molecule has 0 spiro atoms. The number of nitrogens with zero attached hydrogens (tertiary/aromatic N) is 2. The fourth-order valence-corrected chi connectivity index (χ4v) is 4.41. The minimum atomic E-state index is -0.116. The van der Waals surface area contributed by atoms with Crippen molar-refractivity contribution in [1.29, 1.82) is 0 Å². The minimum Gasteiger partial charge on any atom is -0.317 e. The van der Waals surface area contributed by atoms with Gasteiger partial charge in [-0.2, -0.15) is 0 Å². The van der Waals surface area contributed by atoms with Crippen LogP contribution in [0, 0.1) is 5.92 Å². The van der Waals surface area contributed by atoms with E-state index < -0.39 is 0 Å². The molecule has 1 unspecified atom stereocenters. The molecule has 0 aliphatic carbocycles. The highest BCUT2D eigenvalue weighted by Crippen LogP contribution is 2.27. The molecule has 2 saturated heterocycles. The standard InChI is InChI=1S/C19H25N3O2.2ClH/c23-18-16-5-1-2-6-17(16)19(24)22(18)13-14-4-3-11-21(12-14)15-7-9-20-10-8-15;;/h1-2,5-6,14-15,20H,3-4,7-13H2;2*1H. The third kappa shape index (κ3) is 4.06. The molecular formula is C19H27Cl2N3O2. The van der Waals surface area contributed by atoms with Crippen LogP contribution in [0.15, 0.2) is 24.3 Å². The van der Waals surface area contributed by atoms with Crippen molar-refractivity contribution in [2.45, 2.75) is 31.7 Å². The van der Waals surface area contributed by atoms with E-state index >= 15 is 0 Å². The first kappa shape index (κ1) is 21.2. The molecule has 1 N–H and O–H groups in total. The topological polar surface area (TPSA) is 52.7 Å². The molecule has 144 valence electrons. The Morgan fingerprint density at radius 1 is 0.962 bits per heavy atom. The van der Waals surface area contributed by atoms with Crippen LogP contribution < -0.4 is 5.32 Å². The lowest BCUT2D eigenvalue weighted by atomic mass is 9.94. The molecule has 7 heteroatoms. The van der Waals surface area contributed by atoms with E-state index in [0.29, 0.717) is 29.6 Å². The Kier molecular flexibility index (Phi) is 7.47. The molecule has 2 fully saturated rings. The largest absolute Gasteiger partial charge is 0.317 e. The van der Waals surface area contributed by atoms with Gasteiger partial charge in [0.1, 0.15) is 0 Å². The van der Waals surface area contributed by atoms with Crippen molar-refractivity contribution in [2.75, 3.05) is 32.7 Å². The average molecular weight is 400 g/mol. The molecule has 0 aromatic heterocycles. The van der Waals surface area contributed by atoms with Crippen molar-refractivity contribution in [3.8, 4) is 0 Å². The third-order valence-corrected chi connectivity index (χ3v) is 5.69. The van der Waals surface area contributed by atoms with E-state index in [2.05, 4.69) is 10.2 Å². The zero-order chi connectivity index (χ0) is 16.5. The van der Waals surface area contributed by atoms with E-state index in [1.54, 1.807) is 12.1 Å². The van der Waals surface area contributed by atoms with Gasteiger partial charge in [0.2, 0.25) is 0 Å². The van der Waals surface area contributed by atoms with Crippen LogP contribution >= 0.6 is 24.8 Å². The lowest BCUT2D eigenvalue weighted by Crippen LogP contribution is -2.49. The van der Waals surface area contributed by atoms with E-state index in [0.717, 1.165) is 39.0 Å². The SMILES string of the molecule is Cl.Cl.O=C1c2ccccc2C(=O)N1CC1CCCN(C2CCNCC2)C1. The highest BCUT2D eigenvalue weighted by molar-refractivity contribution is 6.21. The van der Waals surface area contributed by atoms with Crippen molar-refractivity contribution in [3.63, 3.8) is 0 Å². The van der Waals surface area contributed by atoms with Gasteiger partial charge < -0.3 is 5.32 Å². The smallest absolute Gasteiger partial charge is 0.261 e. The van der Waals surface area contributed by atoms with Gasteiger partial charge in [-0.25, -0.2) is 0 Å². The number of halogens is 2. The Balaban J connectivity index is 0.00000121. The number of carbonyl (C=O) groups excluding carboxylic acids is 2. The number of piperidine rings is 2. The number of benzene rings is 1. The van der Waals surface area contributed by atoms with Crippen molar-refractivity contribution in [2.24, 2.45) is 5.92 Å². The summed E-state index contributed by atoms with van der Waals surface area (Å²) in [6.07, 6.45) is 4.69. The molecule has 2 amide bonds. The monoisotopic (exact) mass is 399 g/mol. The molecule has 1 aromatic carbocycles. The Labute approximate surface area is 167 Å². The molecule has 0 radical (unpaired) electrons. The fraction of sp³-hybridized carbons (Fsp3) is 0.579. The van der Waals surface area contributed by atoms with Crippen molar-refractivity contribution in [3.05, 3.63) is 35.4 Å². The second-order valence-corrected chi connectivity index (χ2v) is 7.25. The fourth-order valence-electron chi connectivity index (χ4n) is 4.41. The van der Waals surface area contributed by atoms with Crippen molar-refractivity contribution >= 4 is 36.6 Å². The molecule has 3 aliphatic rings. The maximum Gasteiger partial charge on any atom is 0.261 e. The molecule has 4 rings (SSSR count). The maximum absolute atomic E-state index is 12.5. The van der Waals surface area contributed by atoms with E-state index in [-0.39, 0.29) is 36.6 Å². The van der Waals surface area contributed by atoms with Crippen LogP contribution in [0.5, 0.6) is 0 Å². The van der Waals surface area contributed by atoms with Crippen LogP contribution in [0.25, 0.3) is 0 Å². The predicted molar refractivity (Wildman–Crippen MR) is 106 cm³/mol. The van der Waals surface area contributed by atoms with Gasteiger partial charge in [0.25, 0.3) is 11.8 Å². The first-order valence-corrected chi connectivity index (χ1v) is 9.14. The van der Waals surface area contributed by atoms with Gasteiger partial charge in [0.15, 0.2) is 0 Å². The number of carbonyl (C=O) groups is 2. The molecule has 1 aromatic rings. The summed E-state index contributed by atoms with van der Waals surface area (Å²) in [4.78, 5) is 29.2.